The first kappa shape index (κ1) is 14.0. The molecule has 1 unspecified atom stereocenters. The Balaban J connectivity index is 0. The molecule has 0 spiro atoms. The maximum atomic E-state index is 11.8. The lowest BCUT2D eigenvalue weighted by Gasteiger charge is -2.25. The number of hydrogen-bond donors (Lipinski definition) is 2. The second kappa shape index (κ2) is 7.10. The molecule has 3 N–H and O–H groups in total. The summed E-state index contributed by atoms with van der Waals surface area (Å²) >= 11 is 0. The highest BCUT2D eigenvalue weighted by atomic mass is 19.1. The van der Waals surface area contributed by atoms with Crippen LogP contribution in [-0.2, 0) is 0 Å². The zero-order chi connectivity index (χ0) is 10.2. The molecule has 0 aliphatic rings. The molecule has 2 nitrogen and oxygen atoms in total. The minimum Gasteiger partial charge on any atom is -0.402 e. The van der Waals surface area contributed by atoms with Crippen molar-refractivity contribution < 1.29 is 9.50 Å². The Kier molecular flexibility index (Phi) is 8.27. The number of rotatable bonds is 4. The molecule has 3 heteroatoms. The molecule has 0 aromatic carbocycles. The van der Waals surface area contributed by atoms with Gasteiger partial charge in [0.2, 0.25) is 0 Å². The van der Waals surface area contributed by atoms with E-state index in [1.807, 2.05) is 13.8 Å². The SMILES string of the molecule is C=C(N)C(C)(CO)CCF.CC. The van der Waals surface area contributed by atoms with Crippen LogP contribution in [0.25, 0.3) is 0 Å². The molecule has 1 atom stereocenters. The number of hydrogen-bond acceptors (Lipinski definition) is 2. The van der Waals surface area contributed by atoms with Crippen LogP contribution in [0.3, 0.4) is 0 Å². The summed E-state index contributed by atoms with van der Waals surface area (Å²) in [4.78, 5) is 0. The molecule has 0 rings (SSSR count). The second-order valence-electron chi connectivity index (χ2n) is 2.68. The molecule has 0 aromatic heterocycles. The highest BCUT2D eigenvalue weighted by Gasteiger charge is 2.24. The van der Waals surface area contributed by atoms with Crippen LogP contribution in [-0.4, -0.2) is 18.4 Å². The van der Waals surface area contributed by atoms with Gasteiger partial charge in [-0.25, -0.2) is 0 Å². The highest BCUT2D eigenvalue weighted by molar-refractivity contribution is 5.03. The maximum Gasteiger partial charge on any atom is 0.0904 e. The lowest BCUT2D eigenvalue weighted by molar-refractivity contribution is 0.154. The fourth-order valence-corrected chi connectivity index (χ4v) is 0.550. The molecular weight excluding hydrogens is 157 g/mol. The van der Waals surface area contributed by atoms with E-state index in [9.17, 15) is 4.39 Å². The van der Waals surface area contributed by atoms with E-state index in [-0.39, 0.29) is 13.0 Å². The van der Waals surface area contributed by atoms with Crippen molar-refractivity contribution >= 4 is 0 Å². The van der Waals surface area contributed by atoms with Crippen LogP contribution in [0.4, 0.5) is 4.39 Å². The van der Waals surface area contributed by atoms with Crippen molar-refractivity contribution in [1.29, 1.82) is 0 Å². The standard InChI is InChI=1S/C7H14FNO.C2H6/c1-6(9)7(2,5-10)3-4-8;1-2/h10H,1,3-5,9H2,2H3;1-2H3. The summed E-state index contributed by atoms with van der Waals surface area (Å²) in [5.41, 5.74) is 5.04. The molecule has 0 fully saturated rings. The molecule has 74 valence electrons. The molecule has 0 saturated carbocycles. The van der Waals surface area contributed by atoms with E-state index in [0.717, 1.165) is 0 Å². The van der Waals surface area contributed by atoms with Crippen molar-refractivity contribution in [3.63, 3.8) is 0 Å². The molecule has 12 heavy (non-hydrogen) atoms. The Morgan fingerprint density at radius 3 is 2.08 bits per heavy atom. The van der Waals surface area contributed by atoms with Crippen LogP contribution in [0.15, 0.2) is 12.3 Å². The van der Waals surface area contributed by atoms with Crippen molar-refractivity contribution in [3.05, 3.63) is 12.3 Å². The van der Waals surface area contributed by atoms with E-state index in [1.165, 1.54) is 0 Å². The molecule has 0 radical (unpaired) electrons. The zero-order valence-corrected chi connectivity index (χ0v) is 8.23. The van der Waals surface area contributed by atoms with E-state index >= 15 is 0 Å². The molecule has 0 heterocycles. The Hall–Kier alpha value is -0.570. The average molecular weight is 177 g/mol. The van der Waals surface area contributed by atoms with Crippen molar-refractivity contribution in [2.75, 3.05) is 13.3 Å². The summed E-state index contributed by atoms with van der Waals surface area (Å²) in [6.07, 6.45) is 0.235. The predicted molar refractivity (Wildman–Crippen MR) is 50.5 cm³/mol. The van der Waals surface area contributed by atoms with Crippen LogP contribution >= 0.6 is 0 Å². The average Bonchev–Trinajstić information content (AvgIpc) is 2.08. The van der Waals surface area contributed by atoms with E-state index < -0.39 is 12.1 Å². The fraction of sp³-hybridized carbons (Fsp3) is 0.778. The highest BCUT2D eigenvalue weighted by Crippen LogP contribution is 2.25. The number of aliphatic hydroxyl groups is 1. The van der Waals surface area contributed by atoms with E-state index in [0.29, 0.717) is 5.70 Å². The molecule has 0 aromatic rings. The normalized spacial score (nSPS) is 14.1. The Bertz CT molecular complexity index is 128. The predicted octanol–water partition coefficient (Wildman–Crippen LogP) is 1.84. The van der Waals surface area contributed by atoms with Gasteiger partial charge in [0, 0.05) is 11.1 Å². The second-order valence-corrected chi connectivity index (χ2v) is 2.68. The van der Waals surface area contributed by atoms with Crippen LogP contribution in [0.2, 0.25) is 0 Å². The van der Waals surface area contributed by atoms with Crippen molar-refractivity contribution in [3.8, 4) is 0 Å². The number of alkyl halides is 1. The van der Waals surface area contributed by atoms with Gasteiger partial charge in [-0.05, 0) is 6.42 Å². The summed E-state index contributed by atoms with van der Waals surface area (Å²) in [7, 11) is 0. The van der Waals surface area contributed by atoms with Gasteiger partial charge in [0.25, 0.3) is 0 Å². The summed E-state index contributed by atoms with van der Waals surface area (Å²) in [6, 6.07) is 0. The largest absolute Gasteiger partial charge is 0.402 e. The van der Waals surface area contributed by atoms with Crippen LogP contribution in [0, 0.1) is 5.41 Å². The van der Waals surface area contributed by atoms with Gasteiger partial charge in [0.1, 0.15) is 0 Å². The van der Waals surface area contributed by atoms with Gasteiger partial charge >= 0.3 is 0 Å². The monoisotopic (exact) mass is 177 g/mol. The van der Waals surface area contributed by atoms with Crippen molar-refractivity contribution in [1.82, 2.24) is 0 Å². The van der Waals surface area contributed by atoms with Gasteiger partial charge in [-0.15, -0.1) is 0 Å². The lowest BCUT2D eigenvalue weighted by atomic mass is 9.85. The van der Waals surface area contributed by atoms with Gasteiger partial charge in [-0.2, -0.15) is 0 Å². The third-order valence-electron chi connectivity index (χ3n) is 1.77. The van der Waals surface area contributed by atoms with Crippen LogP contribution < -0.4 is 5.73 Å². The summed E-state index contributed by atoms with van der Waals surface area (Å²) in [5, 5.41) is 8.78. The summed E-state index contributed by atoms with van der Waals surface area (Å²) < 4.78 is 11.8. The van der Waals surface area contributed by atoms with E-state index in [1.54, 1.807) is 6.92 Å². The van der Waals surface area contributed by atoms with Crippen molar-refractivity contribution in [2.45, 2.75) is 27.2 Å². The minimum atomic E-state index is -0.644. The third kappa shape index (κ3) is 4.34. The molecule has 0 aliphatic heterocycles. The Morgan fingerprint density at radius 2 is 2.00 bits per heavy atom. The van der Waals surface area contributed by atoms with Gasteiger partial charge in [-0.3, -0.25) is 4.39 Å². The first-order valence-corrected chi connectivity index (χ1v) is 4.18. The fourth-order valence-electron chi connectivity index (χ4n) is 0.550. The van der Waals surface area contributed by atoms with E-state index in [2.05, 4.69) is 6.58 Å². The molecule has 0 amide bonds. The maximum absolute atomic E-state index is 11.8. The minimum absolute atomic E-state index is 0.147. The summed E-state index contributed by atoms with van der Waals surface area (Å²) in [5.74, 6) is 0. The first-order valence-electron chi connectivity index (χ1n) is 4.18. The zero-order valence-electron chi connectivity index (χ0n) is 8.23. The molecular formula is C9H20FNO. The summed E-state index contributed by atoms with van der Waals surface area (Å²) in [6.45, 7) is 8.53. The number of halogens is 1. The first-order chi connectivity index (χ1) is 5.56. The molecule has 0 bridgehead atoms. The molecule has 0 saturated heterocycles. The lowest BCUT2D eigenvalue weighted by Crippen LogP contribution is -2.28. The number of nitrogens with two attached hydrogens (primary N) is 1. The van der Waals surface area contributed by atoms with Gasteiger partial charge in [0.05, 0.1) is 13.3 Å². The van der Waals surface area contributed by atoms with Crippen molar-refractivity contribution in [2.24, 2.45) is 11.1 Å². The third-order valence-corrected chi connectivity index (χ3v) is 1.77. The number of aliphatic hydroxyl groups excluding tert-OH is 1. The topological polar surface area (TPSA) is 46.2 Å². The Labute approximate surface area is 74.3 Å². The Morgan fingerprint density at radius 1 is 1.58 bits per heavy atom. The quantitative estimate of drug-likeness (QED) is 0.688. The molecule has 0 aliphatic carbocycles. The smallest absolute Gasteiger partial charge is 0.0904 e. The van der Waals surface area contributed by atoms with Gasteiger partial charge < -0.3 is 10.8 Å². The van der Waals surface area contributed by atoms with Crippen LogP contribution in [0.5, 0.6) is 0 Å². The van der Waals surface area contributed by atoms with Gasteiger partial charge in [-0.1, -0.05) is 27.4 Å². The van der Waals surface area contributed by atoms with E-state index in [4.69, 9.17) is 10.8 Å². The van der Waals surface area contributed by atoms with Crippen LogP contribution in [0.1, 0.15) is 27.2 Å². The van der Waals surface area contributed by atoms with Gasteiger partial charge in [0.15, 0.2) is 0 Å².